The standard InChI is InChI=1S/C24H22ClN3O2/c1-3-22-16(2)28-14-18(6-13-23(28)27-22)24(29)26-20-9-11-21(12-10-20)30-15-17-4-7-19(25)8-5-17/h4-14H,3,15H2,1-2H3,(H,26,29). The summed E-state index contributed by atoms with van der Waals surface area (Å²) < 4.78 is 7.74. The number of benzene rings is 2. The summed E-state index contributed by atoms with van der Waals surface area (Å²) in [4.78, 5) is 17.3. The first kappa shape index (κ1) is 20.0. The van der Waals surface area contributed by atoms with Crippen molar-refractivity contribution in [2.45, 2.75) is 26.9 Å². The molecule has 0 fully saturated rings. The van der Waals surface area contributed by atoms with E-state index in [1.54, 1.807) is 6.07 Å². The molecule has 0 radical (unpaired) electrons. The molecule has 5 nitrogen and oxygen atoms in total. The van der Waals surface area contributed by atoms with Gasteiger partial charge in [0.05, 0.1) is 11.3 Å². The highest BCUT2D eigenvalue weighted by Crippen LogP contribution is 2.19. The van der Waals surface area contributed by atoms with E-state index >= 15 is 0 Å². The van der Waals surface area contributed by atoms with Crippen molar-refractivity contribution in [2.75, 3.05) is 5.32 Å². The Bertz CT molecular complexity index is 1180. The molecule has 2 heterocycles. The molecule has 0 aliphatic carbocycles. The van der Waals surface area contributed by atoms with Crippen molar-refractivity contribution in [3.63, 3.8) is 0 Å². The van der Waals surface area contributed by atoms with Crippen LogP contribution in [0.25, 0.3) is 5.65 Å². The number of nitrogens with zero attached hydrogens (tertiary/aromatic N) is 2. The lowest BCUT2D eigenvalue weighted by Crippen LogP contribution is -2.12. The molecule has 0 saturated heterocycles. The Morgan fingerprint density at radius 1 is 1.07 bits per heavy atom. The largest absolute Gasteiger partial charge is 0.489 e. The first-order chi connectivity index (χ1) is 14.5. The lowest BCUT2D eigenvalue weighted by molar-refractivity contribution is 0.102. The van der Waals surface area contributed by atoms with E-state index in [1.165, 1.54) is 0 Å². The minimum absolute atomic E-state index is 0.169. The number of aromatic nitrogens is 2. The summed E-state index contributed by atoms with van der Waals surface area (Å²) in [5.74, 6) is 0.559. The van der Waals surface area contributed by atoms with Crippen LogP contribution in [0, 0.1) is 6.92 Å². The number of amides is 1. The number of carbonyl (C=O) groups excluding carboxylic acids is 1. The third kappa shape index (κ3) is 4.31. The molecule has 0 bridgehead atoms. The smallest absolute Gasteiger partial charge is 0.257 e. The van der Waals surface area contributed by atoms with E-state index < -0.39 is 0 Å². The Hall–Kier alpha value is -3.31. The highest BCUT2D eigenvalue weighted by Gasteiger charge is 2.11. The lowest BCUT2D eigenvalue weighted by Gasteiger charge is -2.09. The summed E-state index contributed by atoms with van der Waals surface area (Å²) in [6.07, 6.45) is 2.69. The number of pyridine rings is 1. The molecule has 0 aliphatic heterocycles. The second-order valence-corrected chi connectivity index (χ2v) is 7.47. The van der Waals surface area contributed by atoms with Crippen LogP contribution in [0.2, 0.25) is 5.02 Å². The fraction of sp³-hybridized carbons (Fsp3) is 0.167. The minimum atomic E-state index is -0.169. The second-order valence-electron chi connectivity index (χ2n) is 7.04. The molecular formula is C24H22ClN3O2. The van der Waals surface area contributed by atoms with Crippen LogP contribution in [0.1, 0.15) is 34.2 Å². The Kier molecular flexibility index (Phi) is 5.72. The molecule has 0 saturated carbocycles. The number of aryl methyl sites for hydroxylation is 2. The number of anilines is 1. The summed E-state index contributed by atoms with van der Waals surface area (Å²) in [7, 11) is 0. The van der Waals surface area contributed by atoms with Crippen LogP contribution in [0.15, 0.2) is 66.9 Å². The number of carbonyl (C=O) groups is 1. The van der Waals surface area contributed by atoms with Gasteiger partial charge >= 0.3 is 0 Å². The fourth-order valence-corrected chi connectivity index (χ4v) is 3.39. The van der Waals surface area contributed by atoms with Gasteiger partial charge in [-0.25, -0.2) is 4.98 Å². The van der Waals surface area contributed by atoms with Crippen molar-refractivity contribution in [1.82, 2.24) is 9.38 Å². The maximum absolute atomic E-state index is 12.7. The van der Waals surface area contributed by atoms with Crippen molar-refractivity contribution < 1.29 is 9.53 Å². The summed E-state index contributed by atoms with van der Waals surface area (Å²) in [6, 6.07) is 18.5. The number of halogens is 1. The molecule has 1 amide bonds. The van der Waals surface area contributed by atoms with Crippen LogP contribution in [0.4, 0.5) is 5.69 Å². The number of hydrogen-bond acceptors (Lipinski definition) is 3. The topological polar surface area (TPSA) is 55.6 Å². The number of ether oxygens (including phenoxy) is 1. The van der Waals surface area contributed by atoms with E-state index in [2.05, 4.69) is 17.2 Å². The van der Waals surface area contributed by atoms with Gasteiger partial charge in [-0.3, -0.25) is 4.79 Å². The number of fused-ring (bicyclic) bond motifs is 1. The minimum Gasteiger partial charge on any atom is -0.489 e. The van der Waals surface area contributed by atoms with Crippen LogP contribution in [-0.4, -0.2) is 15.3 Å². The van der Waals surface area contributed by atoms with Crippen LogP contribution in [-0.2, 0) is 13.0 Å². The van der Waals surface area contributed by atoms with Crippen LogP contribution in [0.3, 0.4) is 0 Å². The van der Waals surface area contributed by atoms with Crippen LogP contribution in [0.5, 0.6) is 5.75 Å². The molecular weight excluding hydrogens is 398 g/mol. The zero-order valence-corrected chi connectivity index (χ0v) is 17.6. The lowest BCUT2D eigenvalue weighted by atomic mass is 10.2. The quantitative estimate of drug-likeness (QED) is 0.436. The second kappa shape index (κ2) is 8.59. The third-order valence-electron chi connectivity index (χ3n) is 4.98. The molecule has 1 N–H and O–H groups in total. The number of rotatable bonds is 6. The SMILES string of the molecule is CCc1nc2ccc(C(=O)Nc3ccc(OCc4ccc(Cl)cc4)cc3)cn2c1C. The molecule has 2 aromatic heterocycles. The molecule has 2 aromatic carbocycles. The molecule has 0 spiro atoms. The van der Waals surface area contributed by atoms with Gasteiger partial charge in [-0.1, -0.05) is 30.7 Å². The van der Waals surface area contributed by atoms with Gasteiger partial charge in [-0.2, -0.15) is 0 Å². The third-order valence-corrected chi connectivity index (χ3v) is 5.24. The van der Waals surface area contributed by atoms with E-state index in [0.29, 0.717) is 22.9 Å². The van der Waals surface area contributed by atoms with E-state index in [0.717, 1.165) is 34.8 Å². The molecule has 6 heteroatoms. The molecule has 0 atom stereocenters. The van der Waals surface area contributed by atoms with E-state index in [4.69, 9.17) is 16.3 Å². The maximum atomic E-state index is 12.7. The van der Waals surface area contributed by atoms with Gasteiger partial charge in [-0.05, 0) is 67.4 Å². The normalized spacial score (nSPS) is 10.9. The highest BCUT2D eigenvalue weighted by molar-refractivity contribution is 6.30. The van der Waals surface area contributed by atoms with Crippen molar-refractivity contribution in [2.24, 2.45) is 0 Å². The summed E-state index contributed by atoms with van der Waals surface area (Å²) >= 11 is 5.90. The van der Waals surface area contributed by atoms with Gasteiger partial charge in [-0.15, -0.1) is 0 Å². The van der Waals surface area contributed by atoms with Crippen LogP contribution >= 0.6 is 11.6 Å². The average Bonchev–Trinajstić information content (AvgIpc) is 3.09. The van der Waals surface area contributed by atoms with Crippen molar-refractivity contribution in [3.8, 4) is 5.75 Å². The van der Waals surface area contributed by atoms with Crippen molar-refractivity contribution in [1.29, 1.82) is 0 Å². The Morgan fingerprint density at radius 2 is 1.80 bits per heavy atom. The number of hydrogen-bond donors (Lipinski definition) is 1. The molecule has 4 aromatic rings. The highest BCUT2D eigenvalue weighted by atomic mass is 35.5. The van der Waals surface area contributed by atoms with Gasteiger partial charge in [0.2, 0.25) is 0 Å². The summed E-state index contributed by atoms with van der Waals surface area (Å²) in [6.45, 7) is 4.54. The molecule has 4 rings (SSSR count). The Labute approximate surface area is 180 Å². The van der Waals surface area contributed by atoms with E-state index in [9.17, 15) is 4.79 Å². The molecule has 0 aliphatic rings. The molecule has 30 heavy (non-hydrogen) atoms. The average molecular weight is 420 g/mol. The molecule has 0 unspecified atom stereocenters. The van der Waals surface area contributed by atoms with Gasteiger partial charge in [0.15, 0.2) is 0 Å². The maximum Gasteiger partial charge on any atom is 0.257 e. The van der Waals surface area contributed by atoms with Gasteiger partial charge in [0.1, 0.15) is 18.0 Å². The predicted octanol–water partition coefficient (Wildman–Crippen LogP) is 5.69. The van der Waals surface area contributed by atoms with E-state index in [-0.39, 0.29) is 5.91 Å². The predicted molar refractivity (Wildman–Crippen MR) is 119 cm³/mol. The van der Waals surface area contributed by atoms with Crippen molar-refractivity contribution in [3.05, 3.63) is 94.4 Å². The number of imidazole rings is 1. The van der Waals surface area contributed by atoms with E-state index in [1.807, 2.05) is 72.1 Å². The van der Waals surface area contributed by atoms with Gasteiger partial charge in [0, 0.05) is 22.6 Å². The Morgan fingerprint density at radius 3 is 2.50 bits per heavy atom. The first-order valence-corrected chi connectivity index (χ1v) is 10.2. The van der Waals surface area contributed by atoms with Crippen molar-refractivity contribution >= 4 is 28.8 Å². The Balaban J connectivity index is 1.41. The summed E-state index contributed by atoms with van der Waals surface area (Å²) in [5, 5.41) is 3.63. The van der Waals surface area contributed by atoms with Gasteiger partial charge < -0.3 is 14.5 Å². The summed E-state index contributed by atoms with van der Waals surface area (Å²) in [5.41, 5.74) is 5.27. The first-order valence-electron chi connectivity index (χ1n) is 9.79. The molecule has 152 valence electrons. The fourth-order valence-electron chi connectivity index (χ4n) is 3.27. The number of nitrogens with one attached hydrogen (secondary N) is 1. The van der Waals surface area contributed by atoms with Crippen LogP contribution < -0.4 is 10.1 Å². The monoisotopic (exact) mass is 419 g/mol. The zero-order valence-electron chi connectivity index (χ0n) is 16.9. The zero-order chi connectivity index (χ0) is 21.1. The van der Waals surface area contributed by atoms with Gasteiger partial charge in [0.25, 0.3) is 5.91 Å².